The van der Waals surface area contributed by atoms with Gasteiger partial charge in [-0.25, -0.2) is 9.97 Å². The van der Waals surface area contributed by atoms with Crippen LogP contribution in [0.2, 0.25) is 0 Å². The fourth-order valence-corrected chi connectivity index (χ4v) is 3.88. The summed E-state index contributed by atoms with van der Waals surface area (Å²) in [5.41, 5.74) is 2.38. The van der Waals surface area contributed by atoms with Crippen LogP contribution in [0.5, 0.6) is 0 Å². The van der Waals surface area contributed by atoms with E-state index < -0.39 is 0 Å². The summed E-state index contributed by atoms with van der Waals surface area (Å²) >= 11 is 0. The molecule has 2 aliphatic heterocycles. The third-order valence-electron chi connectivity index (χ3n) is 5.50. The molecule has 0 atom stereocenters. The van der Waals surface area contributed by atoms with Gasteiger partial charge in [0.2, 0.25) is 0 Å². The molecule has 6 heteroatoms. The quantitative estimate of drug-likeness (QED) is 0.694. The second-order valence-corrected chi connectivity index (χ2v) is 7.59. The fraction of sp³-hybridized carbons (Fsp3) is 0.619. The number of hydrogen-bond donors (Lipinski definition) is 0. The van der Waals surface area contributed by atoms with Gasteiger partial charge in [-0.1, -0.05) is 6.42 Å². The standard InChI is InChI=1S/C21H32N6/c1-18-23-14-19(15-24-18)16-26-12-7-20(8-13-26)21(6-9-22-2)25-17-27-10-4-3-5-11-27/h6,9,14-15,20H,2-5,7-8,10-13,16-17H2,1H3/b9-6-,25-21+. The van der Waals surface area contributed by atoms with Crippen LogP contribution in [0.3, 0.4) is 0 Å². The van der Waals surface area contributed by atoms with Gasteiger partial charge in [0, 0.05) is 42.3 Å². The van der Waals surface area contributed by atoms with Crippen molar-refractivity contribution in [2.45, 2.75) is 45.6 Å². The summed E-state index contributed by atoms with van der Waals surface area (Å²) in [6.45, 7) is 11.8. The van der Waals surface area contributed by atoms with E-state index in [2.05, 4.69) is 37.6 Å². The SMILES string of the molecule is C=N/C=C\C(=N/CN1CCCCC1)C1CCN(Cc2cnc(C)nc2)CC1. The molecule has 0 aliphatic carbocycles. The Morgan fingerprint density at radius 1 is 1.11 bits per heavy atom. The summed E-state index contributed by atoms with van der Waals surface area (Å²) in [5, 5.41) is 0. The summed E-state index contributed by atoms with van der Waals surface area (Å²) in [7, 11) is 0. The Kier molecular flexibility index (Phi) is 7.66. The highest BCUT2D eigenvalue weighted by Gasteiger charge is 2.22. The van der Waals surface area contributed by atoms with Crippen molar-refractivity contribution in [3.63, 3.8) is 0 Å². The number of rotatable bonds is 7. The molecule has 0 N–H and O–H groups in total. The Hall–Kier alpha value is -1.92. The summed E-state index contributed by atoms with van der Waals surface area (Å²) in [4.78, 5) is 22.4. The van der Waals surface area contributed by atoms with Crippen molar-refractivity contribution in [2.24, 2.45) is 15.9 Å². The first-order chi connectivity index (χ1) is 13.2. The molecule has 0 radical (unpaired) electrons. The summed E-state index contributed by atoms with van der Waals surface area (Å²) in [5.74, 6) is 1.34. The monoisotopic (exact) mass is 368 g/mol. The highest BCUT2D eigenvalue weighted by molar-refractivity contribution is 5.97. The van der Waals surface area contributed by atoms with Gasteiger partial charge in [0.15, 0.2) is 0 Å². The maximum absolute atomic E-state index is 4.96. The number of nitrogens with zero attached hydrogens (tertiary/aromatic N) is 6. The fourth-order valence-electron chi connectivity index (χ4n) is 3.88. The third kappa shape index (κ3) is 6.33. The summed E-state index contributed by atoms with van der Waals surface area (Å²) in [6.07, 6.45) is 14.0. The molecule has 0 saturated carbocycles. The van der Waals surface area contributed by atoms with Crippen molar-refractivity contribution in [3.05, 3.63) is 36.1 Å². The van der Waals surface area contributed by atoms with Gasteiger partial charge in [-0.2, -0.15) is 0 Å². The molecule has 0 bridgehead atoms. The van der Waals surface area contributed by atoms with Gasteiger partial charge >= 0.3 is 0 Å². The van der Waals surface area contributed by atoms with Gasteiger partial charge in [-0.3, -0.25) is 19.8 Å². The summed E-state index contributed by atoms with van der Waals surface area (Å²) < 4.78 is 0. The molecule has 2 saturated heterocycles. The first-order valence-corrected chi connectivity index (χ1v) is 10.1. The maximum Gasteiger partial charge on any atom is 0.125 e. The van der Waals surface area contributed by atoms with Crippen molar-refractivity contribution >= 4 is 12.4 Å². The molecule has 2 fully saturated rings. The second-order valence-electron chi connectivity index (χ2n) is 7.59. The number of hydrogen-bond acceptors (Lipinski definition) is 6. The van der Waals surface area contributed by atoms with Crippen LogP contribution in [0, 0.1) is 12.8 Å². The highest BCUT2D eigenvalue weighted by atomic mass is 15.2. The van der Waals surface area contributed by atoms with Crippen molar-refractivity contribution in [1.29, 1.82) is 0 Å². The van der Waals surface area contributed by atoms with E-state index in [1.54, 1.807) is 6.20 Å². The number of piperidine rings is 2. The van der Waals surface area contributed by atoms with Gasteiger partial charge in [0.05, 0.1) is 6.67 Å². The average molecular weight is 369 g/mol. The molecule has 2 aliphatic rings. The molecule has 0 unspecified atom stereocenters. The molecule has 146 valence electrons. The topological polar surface area (TPSA) is 57.0 Å². The minimum absolute atomic E-state index is 0.512. The Balaban J connectivity index is 1.54. The van der Waals surface area contributed by atoms with Crippen LogP contribution in [-0.2, 0) is 6.54 Å². The first-order valence-electron chi connectivity index (χ1n) is 10.1. The predicted molar refractivity (Wildman–Crippen MR) is 111 cm³/mol. The van der Waals surface area contributed by atoms with Gasteiger partial charge < -0.3 is 0 Å². The van der Waals surface area contributed by atoms with E-state index in [0.29, 0.717) is 5.92 Å². The Morgan fingerprint density at radius 2 is 1.81 bits per heavy atom. The predicted octanol–water partition coefficient (Wildman–Crippen LogP) is 3.10. The first kappa shape index (κ1) is 19.8. The molecule has 27 heavy (non-hydrogen) atoms. The minimum Gasteiger partial charge on any atom is -0.299 e. The molecular weight excluding hydrogens is 336 g/mol. The van der Waals surface area contributed by atoms with E-state index in [4.69, 9.17) is 4.99 Å². The molecular formula is C21H32N6. The molecule has 6 nitrogen and oxygen atoms in total. The third-order valence-corrected chi connectivity index (χ3v) is 5.50. The van der Waals surface area contributed by atoms with E-state index in [9.17, 15) is 0 Å². The zero-order valence-corrected chi connectivity index (χ0v) is 16.6. The lowest BCUT2D eigenvalue weighted by Crippen LogP contribution is -2.36. The number of aryl methyl sites for hydroxylation is 1. The van der Waals surface area contributed by atoms with Crippen LogP contribution in [-0.4, -0.2) is 65.0 Å². The van der Waals surface area contributed by atoms with Crippen molar-refractivity contribution in [2.75, 3.05) is 32.8 Å². The van der Waals surface area contributed by atoms with Crippen molar-refractivity contribution in [1.82, 2.24) is 19.8 Å². The van der Waals surface area contributed by atoms with E-state index in [1.807, 2.05) is 19.3 Å². The number of likely N-dealkylation sites (tertiary alicyclic amines) is 2. The molecule has 0 amide bonds. The van der Waals surface area contributed by atoms with Crippen LogP contribution < -0.4 is 0 Å². The lowest BCUT2D eigenvalue weighted by atomic mass is 9.91. The Labute approximate surface area is 163 Å². The van der Waals surface area contributed by atoms with Gasteiger partial charge in [-0.05, 0) is 71.6 Å². The van der Waals surface area contributed by atoms with Crippen molar-refractivity contribution < 1.29 is 0 Å². The number of allylic oxidation sites excluding steroid dienone is 1. The molecule has 3 heterocycles. The van der Waals surface area contributed by atoms with E-state index >= 15 is 0 Å². The van der Waals surface area contributed by atoms with Crippen molar-refractivity contribution in [3.8, 4) is 0 Å². The number of aromatic nitrogens is 2. The smallest absolute Gasteiger partial charge is 0.125 e. The lowest BCUT2D eigenvalue weighted by molar-refractivity contribution is 0.200. The number of aliphatic imine (C=N–C) groups is 2. The molecule has 1 aromatic rings. The molecule has 1 aromatic heterocycles. The van der Waals surface area contributed by atoms with Gasteiger partial charge in [-0.15, -0.1) is 0 Å². The van der Waals surface area contributed by atoms with E-state index in [-0.39, 0.29) is 0 Å². The Bertz CT molecular complexity index is 637. The van der Waals surface area contributed by atoms with Crippen LogP contribution in [0.25, 0.3) is 0 Å². The second kappa shape index (κ2) is 10.4. The molecule has 0 aromatic carbocycles. The van der Waals surface area contributed by atoms with Crippen LogP contribution >= 0.6 is 0 Å². The van der Waals surface area contributed by atoms with Crippen LogP contribution in [0.4, 0.5) is 0 Å². The normalized spacial score (nSPS) is 21.0. The largest absolute Gasteiger partial charge is 0.299 e. The average Bonchev–Trinajstić information content (AvgIpc) is 2.71. The van der Waals surface area contributed by atoms with Gasteiger partial charge in [0.1, 0.15) is 5.82 Å². The Morgan fingerprint density at radius 3 is 2.48 bits per heavy atom. The zero-order chi connectivity index (χ0) is 18.9. The zero-order valence-electron chi connectivity index (χ0n) is 16.6. The van der Waals surface area contributed by atoms with Crippen LogP contribution in [0.15, 0.2) is 34.7 Å². The molecule has 0 spiro atoms. The van der Waals surface area contributed by atoms with Crippen LogP contribution in [0.1, 0.15) is 43.5 Å². The van der Waals surface area contributed by atoms with Gasteiger partial charge in [0.25, 0.3) is 0 Å². The highest BCUT2D eigenvalue weighted by Crippen LogP contribution is 2.21. The van der Waals surface area contributed by atoms with E-state index in [1.165, 1.54) is 43.6 Å². The lowest BCUT2D eigenvalue weighted by Gasteiger charge is -2.32. The van der Waals surface area contributed by atoms with E-state index in [0.717, 1.165) is 45.0 Å². The molecule has 3 rings (SSSR count). The maximum atomic E-state index is 4.96. The minimum atomic E-state index is 0.512. The summed E-state index contributed by atoms with van der Waals surface area (Å²) in [6, 6.07) is 0.